The Morgan fingerprint density at radius 1 is 1.19 bits per heavy atom. The monoisotopic (exact) mass is 409 g/mol. The second-order valence-corrected chi connectivity index (χ2v) is 7.26. The Morgan fingerprint density at radius 2 is 2.00 bits per heavy atom. The number of anilines is 1. The Labute approximate surface area is 171 Å². The van der Waals surface area contributed by atoms with Gasteiger partial charge in [0.05, 0.1) is 0 Å². The number of amides is 2. The van der Waals surface area contributed by atoms with Gasteiger partial charge in [0.15, 0.2) is 0 Å². The number of benzene rings is 1. The fourth-order valence-electron chi connectivity index (χ4n) is 2.61. The van der Waals surface area contributed by atoms with E-state index in [-0.39, 0.29) is 30.3 Å². The van der Waals surface area contributed by atoms with Crippen molar-refractivity contribution in [2.45, 2.75) is 39.2 Å². The predicted octanol–water partition coefficient (Wildman–Crippen LogP) is 3.86. The van der Waals surface area contributed by atoms with Gasteiger partial charge in [-0.15, -0.1) is 23.7 Å². The van der Waals surface area contributed by atoms with Crippen LogP contribution in [0.25, 0.3) is 0 Å². The molecular weight excluding hydrogens is 382 g/mol. The Kier molecular flexibility index (Phi) is 10.7. The van der Waals surface area contributed by atoms with Crippen LogP contribution in [-0.2, 0) is 11.2 Å². The van der Waals surface area contributed by atoms with Gasteiger partial charge in [-0.2, -0.15) is 0 Å². The number of aryl methyl sites for hydroxylation is 1. The van der Waals surface area contributed by atoms with Gasteiger partial charge in [0.25, 0.3) is 5.91 Å². The molecule has 7 heteroatoms. The Hall–Kier alpha value is -1.89. The van der Waals surface area contributed by atoms with E-state index < -0.39 is 0 Å². The van der Waals surface area contributed by atoms with E-state index in [2.05, 4.69) is 22.0 Å². The number of likely N-dealkylation sites (N-methyl/N-ethyl adjacent to an activating group) is 1. The zero-order valence-corrected chi connectivity index (χ0v) is 17.4. The molecule has 0 bridgehead atoms. The maximum Gasteiger partial charge on any atom is 0.251 e. The SMILES string of the molecule is CCN[C@H](C)CNC(=O)c1cccc(NC(=O)CCCc2cccs2)c1.Cl. The summed E-state index contributed by atoms with van der Waals surface area (Å²) < 4.78 is 0. The standard InChI is InChI=1S/C20H27N3O2S.ClH/c1-3-21-15(2)14-22-20(25)16-7-4-8-17(13-16)23-19(24)11-5-9-18-10-6-12-26-18;/h4,6-8,10,12-13,15,21H,3,5,9,11,14H2,1-2H3,(H,22,25)(H,23,24);1H/t15-;/m1./s1. The van der Waals surface area contributed by atoms with Gasteiger partial charge in [0, 0.05) is 35.1 Å². The van der Waals surface area contributed by atoms with Crippen molar-refractivity contribution in [1.29, 1.82) is 0 Å². The predicted molar refractivity (Wildman–Crippen MR) is 115 cm³/mol. The number of thiophene rings is 1. The van der Waals surface area contributed by atoms with Gasteiger partial charge >= 0.3 is 0 Å². The van der Waals surface area contributed by atoms with Crippen molar-refractivity contribution in [2.24, 2.45) is 0 Å². The molecule has 1 aromatic carbocycles. The molecule has 0 aliphatic heterocycles. The first kappa shape index (κ1) is 23.1. The summed E-state index contributed by atoms with van der Waals surface area (Å²) in [5.41, 5.74) is 1.20. The summed E-state index contributed by atoms with van der Waals surface area (Å²) in [6, 6.07) is 11.4. The van der Waals surface area contributed by atoms with Crippen molar-refractivity contribution in [3.05, 3.63) is 52.2 Å². The molecule has 2 rings (SSSR count). The highest BCUT2D eigenvalue weighted by Gasteiger charge is 2.09. The molecule has 0 aliphatic rings. The number of carbonyl (C=O) groups is 2. The first-order valence-corrected chi connectivity index (χ1v) is 9.90. The fraction of sp³-hybridized carbons (Fsp3) is 0.400. The van der Waals surface area contributed by atoms with Crippen LogP contribution in [0, 0.1) is 0 Å². The topological polar surface area (TPSA) is 70.2 Å². The van der Waals surface area contributed by atoms with E-state index in [1.54, 1.807) is 35.6 Å². The summed E-state index contributed by atoms with van der Waals surface area (Å²) in [4.78, 5) is 25.6. The summed E-state index contributed by atoms with van der Waals surface area (Å²) in [5.74, 6) is -0.163. The summed E-state index contributed by atoms with van der Waals surface area (Å²) >= 11 is 1.71. The molecule has 0 saturated carbocycles. The minimum Gasteiger partial charge on any atom is -0.350 e. The third-order valence-corrected chi connectivity index (χ3v) is 4.87. The average molecular weight is 410 g/mol. The Bertz CT molecular complexity index is 707. The number of nitrogens with one attached hydrogen (secondary N) is 3. The van der Waals surface area contributed by atoms with E-state index in [0.29, 0.717) is 24.2 Å². The molecule has 0 unspecified atom stereocenters. The molecule has 1 atom stereocenters. The van der Waals surface area contributed by atoms with Crippen LogP contribution < -0.4 is 16.0 Å². The van der Waals surface area contributed by atoms with Crippen LogP contribution in [-0.4, -0.2) is 30.9 Å². The minimum atomic E-state index is -0.136. The Balaban J connectivity index is 0.00000364. The van der Waals surface area contributed by atoms with Crippen LogP contribution in [0.15, 0.2) is 41.8 Å². The smallest absolute Gasteiger partial charge is 0.251 e. The number of hydrogen-bond acceptors (Lipinski definition) is 4. The lowest BCUT2D eigenvalue weighted by Crippen LogP contribution is -2.38. The van der Waals surface area contributed by atoms with Crippen LogP contribution in [0.4, 0.5) is 5.69 Å². The summed E-state index contributed by atoms with van der Waals surface area (Å²) in [7, 11) is 0. The quantitative estimate of drug-likeness (QED) is 0.558. The first-order valence-electron chi connectivity index (χ1n) is 9.02. The molecule has 0 saturated heterocycles. The van der Waals surface area contributed by atoms with Crippen molar-refractivity contribution in [2.75, 3.05) is 18.4 Å². The van der Waals surface area contributed by atoms with E-state index in [9.17, 15) is 9.59 Å². The van der Waals surface area contributed by atoms with Gasteiger partial charge in [0.2, 0.25) is 5.91 Å². The van der Waals surface area contributed by atoms with E-state index in [1.807, 2.05) is 25.3 Å². The van der Waals surface area contributed by atoms with Crippen LogP contribution >= 0.6 is 23.7 Å². The van der Waals surface area contributed by atoms with Crippen molar-refractivity contribution >= 4 is 41.2 Å². The van der Waals surface area contributed by atoms with Crippen molar-refractivity contribution in [3.63, 3.8) is 0 Å². The third-order valence-electron chi connectivity index (χ3n) is 3.94. The maximum atomic E-state index is 12.2. The largest absolute Gasteiger partial charge is 0.350 e. The second kappa shape index (κ2) is 12.5. The molecule has 1 heterocycles. The van der Waals surface area contributed by atoms with Crippen molar-refractivity contribution in [3.8, 4) is 0 Å². The minimum absolute atomic E-state index is 0. The van der Waals surface area contributed by atoms with Gasteiger partial charge in [-0.1, -0.05) is 19.1 Å². The van der Waals surface area contributed by atoms with E-state index in [0.717, 1.165) is 19.4 Å². The molecule has 2 aromatic rings. The van der Waals surface area contributed by atoms with Gasteiger partial charge in [-0.25, -0.2) is 0 Å². The van der Waals surface area contributed by atoms with Gasteiger partial charge in [0.1, 0.15) is 0 Å². The van der Waals surface area contributed by atoms with Gasteiger partial charge < -0.3 is 16.0 Å². The number of hydrogen-bond donors (Lipinski definition) is 3. The van der Waals surface area contributed by atoms with E-state index in [1.165, 1.54) is 4.88 Å². The van der Waals surface area contributed by atoms with Gasteiger partial charge in [-0.3, -0.25) is 9.59 Å². The van der Waals surface area contributed by atoms with Crippen LogP contribution in [0.2, 0.25) is 0 Å². The summed E-state index contributed by atoms with van der Waals surface area (Å²) in [5, 5.41) is 11.1. The number of halogens is 1. The van der Waals surface area contributed by atoms with Crippen LogP contribution in [0.5, 0.6) is 0 Å². The lowest BCUT2D eigenvalue weighted by Gasteiger charge is -2.13. The normalized spacial score (nSPS) is 11.3. The third kappa shape index (κ3) is 8.56. The maximum absolute atomic E-state index is 12.2. The molecule has 0 spiro atoms. The van der Waals surface area contributed by atoms with Crippen LogP contribution in [0.3, 0.4) is 0 Å². The zero-order valence-electron chi connectivity index (χ0n) is 15.8. The molecule has 0 aliphatic carbocycles. The highest BCUT2D eigenvalue weighted by molar-refractivity contribution is 7.09. The van der Waals surface area contributed by atoms with Crippen LogP contribution in [0.1, 0.15) is 41.9 Å². The van der Waals surface area contributed by atoms with Crippen molar-refractivity contribution < 1.29 is 9.59 Å². The highest BCUT2D eigenvalue weighted by Crippen LogP contribution is 2.14. The average Bonchev–Trinajstić information content (AvgIpc) is 3.13. The molecule has 0 fully saturated rings. The molecule has 148 valence electrons. The molecule has 5 nitrogen and oxygen atoms in total. The fourth-order valence-corrected chi connectivity index (χ4v) is 3.36. The molecule has 1 aromatic heterocycles. The summed E-state index contributed by atoms with van der Waals surface area (Å²) in [6.07, 6.45) is 2.20. The number of carbonyl (C=O) groups excluding carboxylic acids is 2. The first-order chi connectivity index (χ1) is 12.6. The van der Waals surface area contributed by atoms with Crippen molar-refractivity contribution in [1.82, 2.24) is 10.6 Å². The van der Waals surface area contributed by atoms with E-state index >= 15 is 0 Å². The lowest BCUT2D eigenvalue weighted by molar-refractivity contribution is -0.116. The zero-order chi connectivity index (χ0) is 18.8. The number of rotatable bonds is 10. The summed E-state index contributed by atoms with van der Waals surface area (Å²) in [6.45, 7) is 5.48. The molecule has 2 amide bonds. The van der Waals surface area contributed by atoms with Gasteiger partial charge in [-0.05, 0) is 56.0 Å². The molecular formula is C20H28ClN3O2S. The Morgan fingerprint density at radius 3 is 2.70 bits per heavy atom. The lowest BCUT2D eigenvalue weighted by atomic mass is 10.1. The molecule has 0 radical (unpaired) electrons. The molecule has 27 heavy (non-hydrogen) atoms. The van der Waals surface area contributed by atoms with E-state index in [4.69, 9.17) is 0 Å². The second-order valence-electron chi connectivity index (χ2n) is 6.23. The highest BCUT2D eigenvalue weighted by atomic mass is 35.5. The molecule has 3 N–H and O–H groups in total.